The van der Waals surface area contributed by atoms with Gasteiger partial charge in [-0.25, -0.2) is 0 Å². The first-order valence-electron chi connectivity index (χ1n) is 25.5. The number of anilines is 4. The normalized spacial score (nSPS) is 14.4. The Morgan fingerprint density at radius 1 is 0.273 bits per heavy atom. The molecule has 66 heavy (non-hydrogen) atoms. The molecule has 5 aromatic carbocycles. The van der Waals surface area contributed by atoms with Crippen molar-refractivity contribution in [3.63, 3.8) is 0 Å². The molecule has 0 saturated carbocycles. The summed E-state index contributed by atoms with van der Waals surface area (Å²) < 4.78 is 0. The van der Waals surface area contributed by atoms with Crippen LogP contribution in [0.25, 0.3) is 0 Å². The third-order valence-corrected chi connectivity index (χ3v) is 14.3. The highest BCUT2D eigenvalue weighted by molar-refractivity contribution is 6.70. The molecule has 5 aromatic rings. The fourth-order valence-electron chi connectivity index (χ4n) is 10.7. The van der Waals surface area contributed by atoms with Crippen LogP contribution in [0.2, 0.25) is 0 Å². The maximum atomic E-state index is 2.62. The first-order chi connectivity index (χ1) is 31.4. The van der Waals surface area contributed by atoms with E-state index in [1.54, 1.807) is 0 Å². The lowest BCUT2D eigenvalue weighted by Gasteiger charge is -2.36. The quantitative estimate of drug-likeness (QED) is 0.0916. The fourth-order valence-corrected chi connectivity index (χ4v) is 10.7. The van der Waals surface area contributed by atoms with Crippen molar-refractivity contribution in [2.24, 2.45) is 0 Å². The molecule has 0 aromatic heterocycles. The Morgan fingerprint density at radius 2 is 0.439 bits per heavy atom. The molecule has 0 fully saturated rings. The Balaban J connectivity index is 1.33. The van der Waals surface area contributed by atoms with Crippen molar-refractivity contribution >= 4 is 36.7 Å². The average Bonchev–Trinajstić information content (AvgIpc) is 3.88. The van der Waals surface area contributed by atoms with Crippen molar-refractivity contribution in [2.45, 2.75) is 171 Å². The SMILES string of the molecule is CC(C)c1cccc(C(C)C)c1N1C=CN(c2c(C(C)C)cccc2C(C)C)B1Cc1ccc(CB2N(c3c(C(C)C)cccc3C(C)C)C=CN2c2c(C(C)C)cccc2C(C)C)cc1. The summed E-state index contributed by atoms with van der Waals surface area (Å²) in [5, 5.41) is 0. The van der Waals surface area contributed by atoms with Gasteiger partial charge < -0.3 is 19.2 Å². The summed E-state index contributed by atoms with van der Waals surface area (Å²) in [5.74, 6) is 3.17. The van der Waals surface area contributed by atoms with Gasteiger partial charge in [0.15, 0.2) is 0 Å². The van der Waals surface area contributed by atoms with Gasteiger partial charge in [-0.1, -0.05) is 219 Å². The van der Waals surface area contributed by atoms with Crippen LogP contribution >= 0.6 is 0 Å². The van der Waals surface area contributed by atoms with Crippen LogP contribution < -0.4 is 19.2 Å². The van der Waals surface area contributed by atoms with E-state index in [-0.39, 0.29) is 14.0 Å². The van der Waals surface area contributed by atoms with E-state index in [0.29, 0.717) is 47.3 Å². The van der Waals surface area contributed by atoms with Crippen LogP contribution in [-0.4, -0.2) is 14.0 Å². The first-order valence-corrected chi connectivity index (χ1v) is 25.5. The zero-order valence-corrected chi connectivity index (χ0v) is 43.5. The molecule has 0 amide bonds. The minimum Gasteiger partial charge on any atom is -0.370 e. The molecular weight excluding hydrogens is 798 g/mol. The third-order valence-electron chi connectivity index (χ3n) is 14.3. The van der Waals surface area contributed by atoms with E-state index < -0.39 is 0 Å². The Bertz CT molecular complexity index is 2080. The topological polar surface area (TPSA) is 13.0 Å². The Hall–Kier alpha value is -5.09. The second-order valence-corrected chi connectivity index (χ2v) is 21.8. The van der Waals surface area contributed by atoms with Crippen LogP contribution in [0.15, 0.2) is 122 Å². The summed E-state index contributed by atoms with van der Waals surface area (Å²) in [5.41, 5.74) is 19.5. The van der Waals surface area contributed by atoms with Gasteiger partial charge in [-0.05, 0) is 104 Å². The maximum Gasteiger partial charge on any atom is 0.388 e. The standard InChI is InChI=1S/C60H80B2N4/c1-39(2)49-21-17-22-50(40(3)4)57(49)63-33-34-64(58-51(41(5)6)23-18-24-52(58)42(7)8)61(63)37-47-29-31-48(32-30-47)38-62-65(59-53(43(9)10)25-19-26-54(59)44(11)12)35-36-66(62)60-55(45(13)14)27-20-28-56(60)46(15)16/h17-36,39-46H,37-38H2,1-16H3. The van der Waals surface area contributed by atoms with Crippen molar-refractivity contribution in [3.8, 4) is 0 Å². The molecule has 346 valence electrons. The zero-order chi connectivity index (χ0) is 47.7. The number of hydrogen-bond donors (Lipinski definition) is 0. The molecule has 4 nitrogen and oxygen atoms in total. The summed E-state index contributed by atoms with van der Waals surface area (Å²) >= 11 is 0. The Labute approximate surface area is 402 Å². The molecule has 2 aliphatic heterocycles. The van der Waals surface area contributed by atoms with Crippen molar-refractivity contribution < 1.29 is 0 Å². The van der Waals surface area contributed by atoms with Gasteiger partial charge >= 0.3 is 14.0 Å². The van der Waals surface area contributed by atoms with Crippen LogP contribution in [0.5, 0.6) is 0 Å². The van der Waals surface area contributed by atoms with Crippen molar-refractivity contribution in [1.29, 1.82) is 0 Å². The van der Waals surface area contributed by atoms with Crippen LogP contribution in [-0.2, 0) is 12.6 Å². The minimum atomic E-state index is 0.0691. The van der Waals surface area contributed by atoms with Gasteiger partial charge in [-0.15, -0.1) is 0 Å². The van der Waals surface area contributed by atoms with Gasteiger partial charge in [-0.2, -0.15) is 0 Å². The van der Waals surface area contributed by atoms with E-state index in [1.165, 1.54) is 78.4 Å². The third kappa shape index (κ3) is 9.67. The summed E-state index contributed by atoms with van der Waals surface area (Å²) in [6.07, 6.45) is 11.3. The molecule has 0 aliphatic carbocycles. The number of benzene rings is 5. The van der Waals surface area contributed by atoms with Gasteiger partial charge in [0, 0.05) is 47.5 Å². The second kappa shape index (κ2) is 20.4. The summed E-state index contributed by atoms with van der Waals surface area (Å²) in [6.45, 7) is 37.7. The molecule has 0 radical (unpaired) electrons. The number of nitrogens with zero attached hydrogens (tertiary/aromatic N) is 4. The van der Waals surface area contributed by atoms with Crippen LogP contribution in [0.3, 0.4) is 0 Å². The lowest BCUT2D eigenvalue weighted by molar-refractivity contribution is 0.830. The van der Waals surface area contributed by atoms with Crippen LogP contribution in [0.4, 0.5) is 22.7 Å². The predicted molar refractivity (Wildman–Crippen MR) is 292 cm³/mol. The predicted octanol–water partition coefficient (Wildman–Crippen LogP) is 16.8. The number of hydrogen-bond acceptors (Lipinski definition) is 4. The minimum absolute atomic E-state index is 0.0691. The van der Waals surface area contributed by atoms with Gasteiger partial charge in [0.2, 0.25) is 0 Å². The number of para-hydroxylation sites is 4. The molecule has 0 bridgehead atoms. The van der Waals surface area contributed by atoms with E-state index in [9.17, 15) is 0 Å². The first kappa shape index (κ1) is 48.8. The molecule has 0 spiro atoms. The lowest BCUT2D eigenvalue weighted by atomic mass is 9.63. The molecule has 2 aliphatic rings. The van der Waals surface area contributed by atoms with Gasteiger partial charge in [0.1, 0.15) is 0 Å². The lowest BCUT2D eigenvalue weighted by Crippen LogP contribution is -2.48. The second-order valence-electron chi connectivity index (χ2n) is 21.8. The molecule has 6 heteroatoms. The van der Waals surface area contributed by atoms with Gasteiger partial charge in [0.25, 0.3) is 0 Å². The molecular formula is C60H80B2N4. The molecule has 0 atom stereocenters. The van der Waals surface area contributed by atoms with Crippen LogP contribution in [0, 0.1) is 0 Å². The number of rotatable bonds is 16. The van der Waals surface area contributed by atoms with Gasteiger partial charge in [-0.3, -0.25) is 0 Å². The summed E-state index contributed by atoms with van der Waals surface area (Å²) in [4.78, 5) is 10.5. The highest BCUT2D eigenvalue weighted by Gasteiger charge is 2.41. The van der Waals surface area contributed by atoms with Crippen molar-refractivity contribution in [1.82, 2.24) is 0 Å². The largest absolute Gasteiger partial charge is 0.388 e. The van der Waals surface area contributed by atoms with Crippen molar-refractivity contribution in [2.75, 3.05) is 19.2 Å². The van der Waals surface area contributed by atoms with E-state index in [4.69, 9.17) is 0 Å². The highest BCUT2D eigenvalue weighted by atomic mass is 15.3. The summed E-state index contributed by atoms with van der Waals surface area (Å²) in [6, 6.07) is 37.6. The van der Waals surface area contributed by atoms with Crippen LogP contribution in [0.1, 0.15) is 214 Å². The van der Waals surface area contributed by atoms with Crippen molar-refractivity contribution in [3.05, 3.63) is 177 Å². The highest BCUT2D eigenvalue weighted by Crippen LogP contribution is 2.45. The molecule has 2 heterocycles. The van der Waals surface area contributed by atoms with Gasteiger partial charge in [0.05, 0.1) is 0 Å². The summed E-state index contributed by atoms with van der Waals surface area (Å²) in [7, 11) is 0. The van der Waals surface area contributed by atoms with E-state index in [1.807, 2.05) is 0 Å². The van der Waals surface area contributed by atoms with E-state index in [0.717, 1.165) is 12.6 Å². The molecule has 0 unspecified atom stereocenters. The molecule has 0 N–H and O–H groups in total. The molecule has 7 rings (SSSR count). The van der Waals surface area contributed by atoms with E-state index >= 15 is 0 Å². The van der Waals surface area contributed by atoms with E-state index in [2.05, 4.69) is 252 Å². The molecule has 0 saturated heterocycles. The Kier molecular flexibility index (Phi) is 15.1. The monoisotopic (exact) mass is 879 g/mol. The maximum absolute atomic E-state index is 2.62. The zero-order valence-electron chi connectivity index (χ0n) is 43.5. The average molecular weight is 879 g/mol. The fraction of sp³-hybridized carbons (Fsp3) is 0.433. The Morgan fingerprint density at radius 3 is 0.591 bits per heavy atom. The smallest absolute Gasteiger partial charge is 0.370 e.